The molecule has 0 aromatic rings. The van der Waals surface area contributed by atoms with Crippen LogP contribution >= 0.6 is 0 Å². The van der Waals surface area contributed by atoms with Crippen molar-refractivity contribution >= 4 is 56.1 Å². The van der Waals surface area contributed by atoms with Crippen molar-refractivity contribution < 1.29 is 0 Å². The second-order valence-corrected chi connectivity index (χ2v) is 10.2. The van der Waals surface area contributed by atoms with Gasteiger partial charge in [0.15, 0.2) is 0 Å². The van der Waals surface area contributed by atoms with E-state index in [4.69, 9.17) is 0 Å². The van der Waals surface area contributed by atoms with Crippen LogP contribution in [-0.2, 0) is 0 Å². The van der Waals surface area contributed by atoms with Crippen molar-refractivity contribution in [3.05, 3.63) is 21.0 Å². The van der Waals surface area contributed by atoms with Crippen LogP contribution in [-0.4, -0.2) is 56.1 Å². The van der Waals surface area contributed by atoms with Crippen LogP contribution in [0.15, 0.2) is 21.0 Å². The molecule has 33 valence electrons. The largest absolute Gasteiger partial charge is 0 e. The molecule has 3 radical (unpaired) electrons. The maximum absolute atomic E-state index is 2.37. The Balaban J connectivity index is 0.000000360. The fourth-order valence-corrected chi connectivity index (χ4v) is 5.96. The summed E-state index contributed by atoms with van der Waals surface area (Å²) in [7, 11) is 0. The van der Waals surface area contributed by atoms with E-state index in [1.165, 1.54) is 0 Å². The summed E-state index contributed by atoms with van der Waals surface area (Å²) in [4.78, 5) is 2.34. The molecular weight excluding hydrogens is 360 g/mol. The molecule has 0 atom stereocenters. The van der Waals surface area contributed by atoms with Gasteiger partial charge < -0.3 is 0 Å². The summed E-state index contributed by atoms with van der Waals surface area (Å²) in [5, 5.41) is 0. The van der Waals surface area contributed by atoms with Crippen LogP contribution < -0.4 is 0 Å². The van der Waals surface area contributed by atoms with Gasteiger partial charge in [-0.15, -0.1) is 0 Å². The Morgan fingerprint density at radius 3 is 2.29 bits per heavy atom. The van der Waals surface area contributed by atoms with Crippen LogP contribution in [0.2, 0.25) is 0 Å². The Morgan fingerprint density at radius 1 is 1.29 bits per heavy atom. The average Bonchev–Trinajstić information content (AvgIpc) is 1.72. The minimum Gasteiger partial charge on any atom is 0 e. The zero-order valence-electron chi connectivity index (χ0n) is 3.78. The van der Waals surface area contributed by atoms with Gasteiger partial charge in [-0.3, -0.25) is 0 Å². The topological polar surface area (TPSA) is 0 Å². The Kier molecular flexibility index (Phi) is 7.30. The quantitative estimate of drug-likeness (QED) is 0.530. The zero-order valence-corrected chi connectivity index (χ0v) is 11.5. The minimum absolute atomic E-state index is 0. The molecule has 0 saturated carbocycles. The summed E-state index contributed by atoms with van der Waals surface area (Å²) in [5.41, 5.74) is 0. The van der Waals surface area contributed by atoms with Gasteiger partial charge in [-0.1, -0.05) is 0 Å². The van der Waals surface area contributed by atoms with E-state index in [2.05, 4.69) is 21.0 Å². The van der Waals surface area contributed by atoms with Crippen molar-refractivity contribution in [3.63, 3.8) is 0 Å². The van der Waals surface area contributed by atoms with Crippen molar-refractivity contribution in [1.82, 2.24) is 0 Å². The first-order valence-corrected chi connectivity index (χ1v) is 11.0. The third-order valence-electron chi connectivity index (χ3n) is 0.483. The molecule has 0 amide bonds. The Bertz CT molecular complexity index is 81.1. The SMILES string of the molecule is C1=C[As]=[Sb][CH]=C1.[In]. The molecule has 1 aliphatic rings. The maximum atomic E-state index is 2.37. The van der Waals surface area contributed by atoms with Crippen molar-refractivity contribution in [3.8, 4) is 0 Å². The van der Waals surface area contributed by atoms with Crippen molar-refractivity contribution in [2.24, 2.45) is 0 Å². The first-order valence-electron chi connectivity index (χ1n) is 1.72. The maximum Gasteiger partial charge on any atom is 0 e. The van der Waals surface area contributed by atoms with Crippen LogP contribution in [0.1, 0.15) is 0 Å². The van der Waals surface area contributed by atoms with Crippen molar-refractivity contribution in [2.45, 2.75) is 0 Å². The predicted molar refractivity (Wildman–Crippen MR) is 35.5 cm³/mol. The number of hydrogen-bond donors (Lipinski definition) is 0. The van der Waals surface area contributed by atoms with Crippen LogP contribution in [0, 0.1) is 0 Å². The molecule has 0 saturated heterocycles. The standard InChI is InChI=1S/C4H4As.In.Sb/c1-2-3-4-5;;/h1-4H;;. The van der Waals surface area contributed by atoms with Gasteiger partial charge in [0.25, 0.3) is 0 Å². The fourth-order valence-electron chi connectivity index (χ4n) is 0.253. The van der Waals surface area contributed by atoms with E-state index < -0.39 is 0 Å². The fraction of sp³-hybridized carbons (Fsp3) is 0. The first-order chi connectivity index (χ1) is 3.00. The van der Waals surface area contributed by atoms with Gasteiger partial charge in [0.2, 0.25) is 0 Å². The molecule has 0 spiro atoms. The van der Waals surface area contributed by atoms with Gasteiger partial charge in [0.1, 0.15) is 0 Å². The normalized spacial score (nSPS) is 16.0. The van der Waals surface area contributed by atoms with Gasteiger partial charge in [-0.05, 0) is 0 Å². The van der Waals surface area contributed by atoms with E-state index in [1.807, 2.05) is 0 Å². The third kappa shape index (κ3) is 4.24. The first kappa shape index (κ1) is 8.73. The van der Waals surface area contributed by atoms with Crippen LogP contribution in [0.3, 0.4) is 0 Å². The minimum atomic E-state index is 0. The van der Waals surface area contributed by atoms with Gasteiger partial charge in [-0.2, -0.15) is 0 Å². The van der Waals surface area contributed by atoms with Crippen molar-refractivity contribution in [1.29, 1.82) is 0 Å². The monoisotopic (exact) mass is 363 g/mol. The number of allylic oxidation sites excluding steroid dienone is 2. The molecule has 1 aliphatic heterocycles. The van der Waals surface area contributed by atoms with Crippen LogP contribution in [0.25, 0.3) is 0 Å². The van der Waals surface area contributed by atoms with E-state index in [9.17, 15) is 0 Å². The van der Waals surface area contributed by atoms with E-state index in [0.717, 1.165) is 0 Å². The van der Waals surface area contributed by atoms with Gasteiger partial charge >= 0.3 is 51.3 Å². The second kappa shape index (κ2) is 5.86. The molecule has 3 heteroatoms. The zero-order chi connectivity index (χ0) is 4.24. The van der Waals surface area contributed by atoms with E-state index >= 15 is 0 Å². The summed E-state index contributed by atoms with van der Waals surface area (Å²) in [6, 6.07) is 0. The summed E-state index contributed by atoms with van der Waals surface area (Å²) in [5.74, 6) is 0. The van der Waals surface area contributed by atoms with Gasteiger partial charge in [0, 0.05) is 25.8 Å². The number of hydrogen-bond acceptors (Lipinski definition) is 0. The molecule has 0 aliphatic carbocycles. The number of rotatable bonds is 0. The van der Waals surface area contributed by atoms with Crippen LogP contribution in [0.5, 0.6) is 0 Å². The molecule has 0 N–H and O–H groups in total. The van der Waals surface area contributed by atoms with Gasteiger partial charge in [0.05, 0.1) is 0 Å². The molecule has 0 unspecified atom stereocenters. The summed E-state index contributed by atoms with van der Waals surface area (Å²) in [6.45, 7) is 0. The molecular formula is C4H4AsInSb. The Hall–Kier alpha value is 1.73. The van der Waals surface area contributed by atoms with Gasteiger partial charge in [-0.25, -0.2) is 0 Å². The molecule has 0 aromatic carbocycles. The molecule has 0 bridgehead atoms. The summed E-state index contributed by atoms with van der Waals surface area (Å²) >= 11 is 0.969. The molecule has 0 nitrogen and oxygen atoms in total. The summed E-state index contributed by atoms with van der Waals surface area (Å²) < 4.78 is 2.37. The summed E-state index contributed by atoms with van der Waals surface area (Å²) in [6.07, 6.45) is 4.34. The molecule has 1 rings (SSSR count). The molecule has 1 heterocycles. The third-order valence-corrected chi connectivity index (χ3v) is 8.11. The predicted octanol–water partition coefficient (Wildman–Crippen LogP) is -0.0300. The Labute approximate surface area is 76.0 Å². The van der Waals surface area contributed by atoms with E-state index in [0.29, 0.717) is 11.7 Å². The smallest absolute Gasteiger partial charge is 0 e. The van der Waals surface area contributed by atoms with Crippen molar-refractivity contribution in [2.75, 3.05) is 0 Å². The second-order valence-electron chi connectivity index (χ2n) is 0.914. The van der Waals surface area contributed by atoms with E-state index in [-0.39, 0.29) is 44.4 Å². The molecule has 0 fully saturated rings. The van der Waals surface area contributed by atoms with E-state index in [1.54, 1.807) is 0 Å². The van der Waals surface area contributed by atoms with Crippen LogP contribution in [0.4, 0.5) is 0 Å². The molecule has 0 aromatic heterocycles. The molecule has 7 heavy (non-hydrogen) atoms. The Morgan fingerprint density at radius 2 is 2.14 bits per heavy atom. The average molecular weight is 364 g/mol.